The molecule has 0 aromatic heterocycles. The van der Waals surface area contributed by atoms with Gasteiger partial charge in [-0.3, -0.25) is 13.9 Å². The highest BCUT2D eigenvalue weighted by Gasteiger charge is 2.32. The average Bonchev–Trinajstić information content (AvgIpc) is 2.88. The van der Waals surface area contributed by atoms with Crippen LogP contribution in [0.3, 0.4) is 0 Å². The Labute approximate surface area is 219 Å². The van der Waals surface area contributed by atoms with Crippen LogP contribution in [0.2, 0.25) is 0 Å². The average molecular weight is 532 g/mol. The van der Waals surface area contributed by atoms with Gasteiger partial charge in [-0.1, -0.05) is 44.2 Å². The van der Waals surface area contributed by atoms with Crippen molar-refractivity contribution in [2.75, 3.05) is 36.9 Å². The van der Waals surface area contributed by atoms with Crippen molar-refractivity contribution in [2.45, 2.75) is 52.1 Å². The number of benzene rings is 2. The molecule has 2 amide bonds. The summed E-state index contributed by atoms with van der Waals surface area (Å²) >= 11 is 0. The molecule has 9 nitrogen and oxygen atoms in total. The summed E-state index contributed by atoms with van der Waals surface area (Å²) < 4.78 is 37.8. The number of nitrogens with one attached hydrogen (secondary N) is 1. The zero-order chi connectivity index (χ0) is 27.0. The van der Waals surface area contributed by atoms with Crippen LogP contribution in [0.5, 0.6) is 11.5 Å². The van der Waals surface area contributed by atoms with Crippen molar-refractivity contribution in [1.29, 1.82) is 0 Å². The van der Waals surface area contributed by atoms with Crippen molar-refractivity contribution in [1.82, 2.24) is 10.2 Å². The van der Waals surface area contributed by atoms with Crippen LogP contribution in [0.25, 0.3) is 0 Å². The van der Waals surface area contributed by atoms with E-state index in [1.807, 2.05) is 51.1 Å². The van der Waals surface area contributed by atoms with Gasteiger partial charge < -0.3 is 19.7 Å². The third kappa shape index (κ3) is 7.61. The molecule has 0 spiro atoms. The van der Waals surface area contributed by atoms with E-state index >= 15 is 0 Å². The quantitative estimate of drug-likeness (QED) is 0.452. The van der Waals surface area contributed by atoms with Gasteiger partial charge in [0.2, 0.25) is 21.8 Å². The van der Waals surface area contributed by atoms with E-state index in [0.717, 1.165) is 22.5 Å². The summed E-state index contributed by atoms with van der Waals surface area (Å²) in [5, 5.41) is 2.97. The number of hydrogen-bond acceptors (Lipinski definition) is 6. The van der Waals surface area contributed by atoms with Gasteiger partial charge in [-0.25, -0.2) is 8.42 Å². The molecule has 1 N–H and O–H groups in total. The van der Waals surface area contributed by atoms with Crippen molar-refractivity contribution in [3.63, 3.8) is 0 Å². The Morgan fingerprint density at radius 2 is 1.68 bits per heavy atom. The van der Waals surface area contributed by atoms with Crippen molar-refractivity contribution >= 4 is 27.5 Å². The van der Waals surface area contributed by atoms with Crippen LogP contribution in [0.15, 0.2) is 48.5 Å². The fourth-order valence-electron chi connectivity index (χ4n) is 4.14. The maximum atomic E-state index is 13.7. The fraction of sp³-hybridized carbons (Fsp3) is 0.481. The van der Waals surface area contributed by atoms with Gasteiger partial charge in [0.15, 0.2) is 11.5 Å². The zero-order valence-electron chi connectivity index (χ0n) is 22.0. The minimum atomic E-state index is -3.83. The molecule has 1 aliphatic heterocycles. The molecule has 2 atom stereocenters. The highest BCUT2D eigenvalue weighted by atomic mass is 32.2. The summed E-state index contributed by atoms with van der Waals surface area (Å²) in [6.45, 7) is 6.32. The number of hydrogen-bond donors (Lipinski definition) is 1. The number of sulfonamides is 1. The topological polar surface area (TPSA) is 105 Å². The van der Waals surface area contributed by atoms with Gasteiger partial charge in [0.05, 0.1) is 11.9 Å². The molecule has 2 aromatic carbocycles. The van der Waals surface area contributed by atoms with E-state index in [9.17, 15) is 18.0 Å². The SMILES string of the molecule is CC[C@H](C)NC(=O)[C@H](CC)N(CCc1ccccc1)C(=O)CN(c1ccc2c(c1)OCCO2)S(C)(=O)=O. The van der Waals surface area contributed by atoms with E-state index in [0.29, 0.717) is 43.2 Å². The summed E-state index contributed by atoms with van der Waals surface area (Å²) in [6.07, 6.45) is 2.73. The number of nitrogens with zero attached hydrogens (tertiary/aromatic N) is 2. The monoisotopic (exact) mass is 531 g/mol. The van der Waals surface area contributed by atoms with E-state index in [-0.39, 0.29) is 18.5 Å². The molecule has 0 radical (unpaired) electrons. The first-order valence-electron chi connectivity index (χ1n) is 12.6. The molecule has 1 heterocycles. The third-order valence-corrected chi connectivity index (χ3v) is 7.50. The Morgan fingerprint density at radius 3 is 2.30 bits per heavy atom. The van der Waals surface area contributed by atoms with Crippen LogP contribution >= 0.6 is 0 Å². The summed E-state index contributed by atoms with van der Waals surface area (Å²) in [5.41, 5.74) is 1.31. The standard InChI is InChI=1S/C27H37N3O6S/c1-5-20(3)28-27(32)23(6-2)29(15-14-21-10-8-7-9-11-21)26(31)19-30(37(4,33)34)22-12-13-24-25(18-22)36-17-16-35-24/h7-13,18,20,23H,5-6,14-17,19H2,1-4H3,(H,28,32)/t20-,23-/m0/s1. The number of rotatable bonds is 12. The van der Waals surface area contributed by atoms with Crippen LogP contribution in [0, 0.1) is 0 Å². The Hall–Kier alpha value is -3.27. The van der Waals surface area contributed by atoms with Gasteiger partial charge in [0.1, 0.15) is 25.8 Å². The van der Waals surface area contributed by atoms with Gasteiger partial charge in [0.25, 0.3) is 0 Å². The lowest BCUT2D eigenvalue weighted by molar-refractivity contribution is -0.139. The molecule has 0 saturated carbocycles. The van der Waals surface area contributed by atoms with Crippen LogP contribution in [-0.4, -0.2) is 69.8 Å². The first-order chi connectivity index (χ1) is 17.6. The van der Waals surface area contributed by atoms with Crippen LogP contribution in [-0.2, 0) is 26.0 Å². The van der Waals surface area contributed by atoms with Crippen molar-refractivity contribution in [2.24, 2.45) is 0 Å². The van der Waals surface area contributed by atoms with Gasteiger partial charge in [-0.05, 0) is 43.9 Å². The second-order valence-electron chi connectivity index (χ2n) is 9.16. The molecule has 10 heteroatoms. The number of amides is 2. The van der Waals surface area contributed by atoms with Crippen LogP contribution in [0.1, 0.15) is 39.2 Å². The smallest absolute Gasteiger partial charge is 0.244 e. The molecule has 0 fully saturated rings. The molecule has 37 heavy (non-hydrogen) atoms. The second-order valence-corrected chi connectivity index (χ2v) is 11.1. The predicted octanol–water partition coefficient (Wildman–Crippen LogP) is 2.99. The predicted molar refractivity (Wildman–Crippen MR) is 143 cm³/mol. The summed E-state index contributed by atoms with van der Waals surface area (Å²) in [6, 6.07) is 13.7. The molecule has 3 rings (SSSR count). The first-order valence-corrected chi connectivity index (χ1v) is 14.5. The van der Waals surface area contributed by atoms with Gasteiger partial charge >= 0.3 is 0 Å². The van der Waals surface area contributed by atoms with Crippen molar-refractivity contribution in [3.05, 3.63) is 54.1 Å². The van der Waals surface area contributed by atoms with E-state index in [2.05, 4.69) is 5.32 Å². The summed E-state index contributed by atoms with van der Waals surface area (Å²) in [4.78, 5) is 28.4. The van der Waals surface area contributed by atoms with Gasteiger partial charge in [-0.2, -0.15) is 0 Å². The van der Waals surface area contributed by atoms with E-state index in [4.69, 9.17) is 9.47 Å². The summed E-state index contributed by atoms with van der Waals surface area (Å²) in [5.74, 6) is 0.239. The highest BCUT2D eigenvalue weighted by Crippen LogP contribution is 2.34. The number of ether oxygens (including phenoxy) is 2. The van der Waals surface area contributed by atoms with Crippen LogP contribution in [0.4, 0.5) is 5.69 Å². The van der Waals surface area contributed by atoms with E-state index in [1.165, 1.54) is 4.90 Å². The Bertz CT molecular complexity index is 1170. The molecular weight excluding hydrogens is 494 g/mol. The molecule has 0 saturated heterocycles. The van der Waals surface area contributed by atoms with E-state index in [1.54, 1.807) is 18.2 Å². The Morgan fingerprint density at radius 1 is 1.00 bits per heavy atom. The molecular formula is C27H37N3O6S. The van der Waals surface area contributed by atoms with Gasteiger partial charge in [0, 0.05) is 18.7 Å². The lowest BCUT2D eigenvalue weighted by Gasteiger charge is -2.33. The molecule has 0 unspecified atom stereocenters. The fourth-order valence-corrected chi connectivity index (χ4v) is 4.98. The normalized spacial score (nSPS) is 14.4. The van der Waals surface area contributed by atoms with E-state index < -0.39 is 28.5 Å². The summed E-state index contributed by atoms with van der Waals surface area (Å²) in [7, 11) is -3.83. The molecule has 0 bridgehead atoms. The molecule has 1 aliphatic rings. The highest BCUT2D eigenvalue weighted by molar-refractivity contribution is 7.92. The molecule has 202 valence electrons. The Kier molecular flexibility index (Phi) is 9.79. The van der Waals surface area contributed by atoms with Gasteiger partial charge in [-0.15, -0.1) is 0 Å². The molecule has 0 aliphatic carbocycles. The first kappa shape index (κ1) is 28.3. The number of anilines is 1. The van der Waals surface area contributed by atoms with Crippen molar-refractivity contribution < 1.29 is 27.5 Å². The lowest BCUT2D eigenvalue weighted by Crippen LogP contribution is -2.54. The molecule has 2 aromatic rings. The Balaban J connectivity index is 1.89. The lowest BCUT2D eigenvalue weighted by atomic mass is 10.1. The minimum absolute atomic E-state index is 0.0437. The maximum absolute atomic E-state index is 13.7. The number of carbonyl (C=O) groups excluding carboxylic acids is 2. The van der Waals surface area contributed by atoms with Crippen molar-refractivity contribution in [3.8, 4) is 11.5 Å². The number of carbonyl (C=O) groups is 2. The number of fused-ring (bicyclic) bond motifs is 1. The maximum Gasteiger partial charge on any atom is 0.244 e. The minimum Gasteiger partial charge on any atom is -0.486 e. The second kappa shape index (κ2) is 12.8. The zero-order valence-corrected chi connectivity index (χ0v) is 22.8. The largest absolute Gasteiger partial charge is 0.486 e. The van der Waals surface area contributed by atoms with Crippen LogP contribution < -0.4 is 19.1 Å². The third-order valence-electron chi connectivity index (χ3n) is 6.36.